The molecule has 0 aliphatic heterocycles. The molecule has 1 aromatic heterocycles. The molecule has 2 rings (SSSR count). The van der Waals surface area contributed by atoms with Crippen molar-refractivity contribution in [2.24, 2.45) is 18.7 Å². The summed E-state index contributed by atoms with van der Waals surface area (Å²) in [4.78, 5) is 4.66. The predicted molar refractivity (Wildman–Crippen MR) is 73.3 cm³/mol. The lowest BCUT2D eigenvalue weighted by atomic mass is 10.1. The third-order valence-corrected chi connectivity index (χ3v) is 3.21. The molecule has 4 heteroatoms. The van der Waals surface area contributed by atoms with E-state index in [1.165, 1.54) is 0 Å². The van der Waals surface area contributed by atoms with Crippen molar-refractivity contribution in [1.82, 2.24) is 9.55 Å². The fraction of sp³-hybridized carbons (Fsp3) is 0.500. The van der Waals surface area contributed by atoms with Crippen LogP contribution in [0.1, 0.15) is 31.3 Å². The maximum atomic E-state index is 9.09. The number of imidazole rings is 1. The highest BCUT2D eigenvalue weighted by Crippen LogP contribution is 2.21. The number of rotatable bonds is 4. The summed E-state index contributed by atoms with van der Waals surface area (Å²) in [5.41, 5.74) is 8.82. The van der Waals surface area contributed by atoms with E-state index in [0.29, 0.717) is 5.92 Å². The Morgan fingerprint density at radius 1 is 1.39 bits per heavy atom. The molecular formula is C14H21N3O. The number of aliphatic hydroxyl groups is 1. The van der Waals surface area contributed by atoms with E-state index in [1.54, 1.807) is 0 Å². The molecule has 0 aliphatic rings. The molecule has 18 heavy (non-hydrogen) atoms. The molecule has 0 aliphatic carbocycles. The largest absolute Gasteiger partial charge is 0.394 e. The lowest BCUT2D eigenvalue weighted by Crippen LogP contribution is -2.14. The van der Waals surface area contributed by atoms with Gasteiger partial charge in [0.15, 0.2) is 0 Å². The lowest BCUT2D eigenvalue weighted by molar-refractivity contribution is 0.268. The Balaban J connectivity index is 2.45. The van der Waals surface area contributed by atoms with Gasteiger partial charge in [-0.3, -0.25) is 0 Å². The molecule has 1 aromatic carbocycles. The van der Waals surface area contributed by atoms with Crippen LogP contribution in [0.5, 0.6) is 0 Å². The number of aliphatic hydroxyl groups excluding tert-OH is 1. The Morgan fingerprint density at radius 3 is 2.72 bits per heavy atom. The monoisotopic (exact) mass is 247 g/mol. The first-order valence-corrected chi connectivity index (χ1v) is 6.34. The van der Waals surface area contributed by atoms with Gasteiger partial charge in [-0.1, -0.05) is 19.9 Å². The van der Waals surface area contributed by atoms with E-state index >= 15 is 0 Å². The molecule has 1 atom stereocenters. The topological polar surface area (TPSA) is 64.1 Å². The summed E-state index contributed by atoms with van der Waals surface area (Å²) in [6.07, 6.45) is 0.965. The van der Waals surface area contributed by atoms with Crippen molar-refractivity contribution in [1.29, 1.82) is 0 Å². The van der Waals surface area contributed by atoms with Gasteiger partial charge in [0.05, 0.1) is 23.7 Å². The van der Waals surface area contributed by atoms with Crippen molar-refractivity contribution in [3.63, 3.8) is 0 Å². The highest BCUT2D eigenvalue weighted by Gasteiger charge is 2.11. The highest BCUT2D eigenvalue weighted by atomic mass is 16.3. The van der Waals surface area contributed by atoms with Crippen LogP contribution in [0.2, 0.25) is 0 Å². The number of benzene rings is 1. The Labute approximate surface area is 107 Å². The van der Waals surface area contributed by atoms with Crippen LogP contribution < -0.4 is 5.73 Å². The van der Waals surface area contributed by atoms with Crippen molar-refractivity contribution in [3.8, 4) is 0 Å². The van der Waals surface area contributed by atoms with E-state index in [0.717, 1.165) is 28.8 Å². The van der Waals surface area contributed by atoms with Gasteiger partial charge in [-0.25, -0.2) is 4.98 Å². The van der Waals surface area contributed by atoms with Gasteiger partial charge in [-0.2, -0.15) is 0 Å². The van der Waals surface area contributed by atoms with Crippen LogP contribution in [0.4, 0.5) is 0 Å². The van der Waals surface area contributed by atoms with Crippen LogP contribution in [-0.4, -0.2) is 21.3 Å². The first-order chi connectivity index (χ1) is 8.52. The molecule has 4 nitrogen and oxygen atoms in total. The van der Waals surface area contributed by atoms with E-state index in [-0.39, 0.29) is 12.6 Å². The molecule has 2 aromatic rings. The number of aromatic nitrogens is 2. The molecule has 0 amide bonds. The van der Waals surface area contributed by atoms with E-state index < -0.39 is 0 Å². The van der Waals surface area contributed by atoms with Gasteiger partial charge < -0.3 is 15.4 Å². The molecule has 3 N–H and O–H groups in total. The van der Waals surface area contributed by atoms with Crippen molar-refractivity contribution in [2.75, 3.05) is 6.61 Å². The minimum Gasteiger partial charge on any atom is -0.394 e. The summed E-state index contributed by atoms with van der Waals surface area (Å²) in [5, 5.41) is 9.09. The maximum absolute atomic E-state index is 9.09. The van der Waals surface area contributed by atoms with Crippen LogP contribution >= 0.6 is 0 Å². The summed E-state index contributed by atoms with van der Waals surface area (Å²) in [6, 6.07) is 5.63. The Morgan fingerprint density at radius 2 is 2.11 bits per heavy atom. The van der Waals surface area contributed by atoms with E-state index in [1.807, 2.05) is 25.2 Å². The summed E-state index contributed by atoms with van der Waals surface area (Å²) < 4.78 is 2.13. The lowest BCUT2D eigenvalue weighted by Gasteiger charge is -2.08. The van der Waals surface area contributed by atoms with Gasteiger partial charge in [0, 0.05) is 13.5 Å². The molecule has 0 bridgehead atoms. The van der Waals surface area contributed by atoms with Crippen LogP contribution in [0.3, 0.4) is 0 Å². The fourth-order valence-electron chi connectivity index (χ4n) is 2.15. The highest BCUT2D eigenvalue weighted by molar-refractivity contribution is 5.77. The standard InChI is InChI=1S/C14H21N3O/c1-9(2)6-14-16-12-7-10(11(15)8-18)4-5-13(12)17(14)3/h4-5,7,9,11,18H,6,8,15H2,1-3H3. The number of nitrogens with two attached hydrogens (primary N) is 1. The minimum absolute atomic E-state index is 0.0445. The van der Waals surface area contributed by atoms with Gasteiger partial charge in [-0.15, -0.1) is 0 Å². The summed E-state index contributed by atoms with van der Waals surface area (Å²) >= 11 is 0. The zero-order valence-corrected chi connectivity index (χ0v) is 11.2. The smallest absolute Gasteiger partial charge is 0.109 e. The van der Waals surface area contributed by atoms with Gasteiger partial charge in [-0.05, 0) is 23.6 Å². The Kier molecular flexibility index (Phi) is 3.68. The average Bonchev–Trinajstić information content (AvgIpc) is 2.64. The number of aryl methyl sites for hydroxylation is 1. The van der Waals surface area contributed by atoms with Crippen LogP contribution in [0, 0.1) is 5.92 Å². The van der Waals surface area contributed by atoms with Crippen molar-refractivity contribution in [2.45, 2.75) is 26.3 Å². The Hall–Kier alpha value is -1.39. The van der Waals surface area contributed by atoms with Crippen LogP contribution in [-0.2, 0) is 13.5 Å². The summed E-state index contributed by atoms with van der Waals surface area (Å²) in [7, 11) is 2.04. The van der Waals surface area contributed by atoms with Crippen LogP contribution in [0.15, 0.2) is 18.2 Å². The zero-order valence-electron chi connectivity index (χ0n) is 11.2. The summed E-state index contributed by atoms with van der Waals surface area (Å²) in [6.45, 7) is 4.33. The van der Waals surface area contributed by atoms with Gasteiger partial charge in [0.2, 0.25) is 0 Å². The van der Waals surface area contributed by atoms with Crippen molar-refractivity contribution >= 4 is 11.0 Å². The number of hydrogen-bond acceptors (Lipinski definition) is 3. The molecule has 0 spiro atoms. The van der Waals surface area contributed by atoms with Gasteiger partial charge in [0.1, 0.15) is 5.82 Å². The number of nitrogens with zero attached hydrogens (tertiary/aromatic N) is 2. The van der Waals surface area contributed by atoms with Gasteiger partial charge in [0.25, 0.3) is 0 Å². The van der Waals surface area contributed by atoms with E-state index in [9.17, 15) is 0 Å². The molecule has 98 valence electrons. The Bertz CT molecular complexity index is 545. The first-order valence-electron chi connectivity index (χ1n) is 6.34. The van der Waals surface area contributed by atoms with Crippen molar-refractivity contribution < 1.29 is 5.11 Å². The van der Waals surface area contributed by atoms with E-state index in [2.05, 4.69) is 23.4 Å². The molecule has 0 saturated heterocycles. The quantitative estimate of drug-likeness (QED) is 0.865. The van der Waals surface area contributed by atoms with Crippen LogP contribution in [0.25, 0.3) is 11.0 Å². The fourth-order valence-corrected chi connectivity index (χ4v) is 2.15. The zero-order chi connectivity index (χ0) is 13.3. The first kappa shape index (κ1) is 13.1. The molecule has 0 fully saturated rings. The van der Waals surface area contributed by atoms with E-state index in [4.69, 9.17) is 10.8 Å². The van der Waals surface area contributed by atoms with Gasteiger partial charge >= 0.3 is 0 Å². The molecule has 1 unspecified atom stereocenters. The third kappa shape index (κ3) is 2.40. The average molecular weight is 247 g/mol. The minimum atomic E-state index is -0.329. The molecule has 0 saturated carbocycles. The predicted octanol–water partition coefficient (Wildman–Crippen LogP) is 1.76. The SMILES string of the molecule is CC(C)Cc1nc2cc(C(N)CO)ccc2n1C. The number of hydrogen-bond donors (Lipinski definition) is 2. The molecular weight excluding hydrogens is 226 g/mol. The third-order valence-electron chi connectivity index (χ3n) is 3.21. The van der Waals surface area contributed by atoms with Crippen molar-refractivity contribution in [3.05, 3.63) is 29.6 Å². The normalized spacial score (nSPS) is 13.4. The summed E-state index contributed by atoms with van der Waals surface area (Å²) in [5.74, 6) is 1.68. The second-order valence-electron chi connectivity index (χ2n) is 5.22. The maximum Gasteiger partial charge on any atom is 0.109 e. The molecule has 1 heterocycles. The molecule has 0 radical (unpaired) electrons. The second-order valence-corrected chi connectivity index (χ2v) is 5.22. The number of fused-ring (bicyclic) bond motifs is 1. The second kappa shape index (κ2) is 5.08.